The van der Waals surface area contributed by atoms with E-state index in [0.29, 0.717) is 0 Å². The molecule has 10 aromatic rings. The van der Waals surface area contributed by atoms with Gasteiger partial charge in [-0.3, -0.25) is 0 Å². The molecule has 0 bridgehead atoms. The number of fused-ring (bicyclic) bond motifs is 21. The highest BCUT2D eigenvalue weighted by Crippen LogP contribution is 2.54. The fraction of sp³-hybridized carbons (Fsp3) is 0. The molecule has 10 rings (SSSR count). The quantitative estimate of drug-likeness (QED) is 0.188. The first-order valence-electron chi connectivity index (χ1n) is 11.6. The summed E-state index contributed by atoms with van der Waals surface area (Å²) in [5, 5.41) is 22.1. The van der Waals surface area contributed by atoms with Crippen LogP contribution in [0.4, 0.5) is 0 Å². The number of hydrogen-bond donors (Lipinski definition) is 0. The van der Waals surface area contributed by atoms with E-state index in [9.17, 15) is 0 Å². The summed E-state index contributed by atoms with van der Waals surface area (Å²) in [6.45, 7) is 0. The van der Waals surface area contributed by atoms with Crippen LogP contribution in [-0.4, -0.2) is 0 Å². The van der Waals surface area contributed by atoms with Crippen molar-refractivity contribution in [3.8, 4) is 0 Å². The highest BCUT2D eigenvalue weighted by atomic mass is 32.1. The Hall–Kier alpha value is -3.84. The average Bonchev–Trinajstić information content (AvgIpc) is 3.73. The van der Waals surface area contributed by atoms with Gasteiger partial charge in [0.05, 0.1) is 25.1 Å². The van der Waals surface area contributed by atoms with Crippen LogP contribution in [0.15, 0.2) is 84.8 Å². The molecule has 168 valence electrons. The van der Waals surface area contributed by atoms with Crippen LogP contribution >= 0.6 is 34.0 Å². The van der Waals surface area contributed by atoms with E-state index >= 15 is 0 Å². The van der Waals surface area contributed by atoms with Gasteiger partial charge in [-0.15, -0.1) is 34.0 Å². The molecule has 36 heavy (non-hydrogen) atoms. The zero-order valence-electron chi connectivity index (χ0n) is 18.4. The molecule has 6 aromatic heterocycles. The number of rotatable bonds is 0. The standard InChI is InChI=1S/C30H12O3S3/c1-6-32-26-13(1)15-3-8-34-28(15)23-20-19-12-31-11-18(19)17-5-10-36-30(17)24(20)22-25(21(23)26)29-16(4-9-35-29)14-2-7-33-27(14)22/h1-12H. The number of benzene rings is 4. The van der Waals surface area contributed by atoms with E-state index in [2.05, 4.69) is 46.5 Å². The van der Waals surface area contributed by atoms with Crippen LogP contribution < -0.4 is 0 Å². The molecule has 6 heteroatoms. The van der Waals surface area contributed by atoms with Crippen molar-refractivity contribution >= 4 is 129 Å². The molecule has 6 heterocycles. The van der Waals surface area contributed by atoms with E-state index in [1.165, 1.54) is 51.8 Å². The summed E-state index contributed by atoms with van der Waals surface area (Å²) in [6.07, 6.45) is 7.45. The highest BCUT2D eigenvalue weighted by molar-refractivity contribution is 7.20. The zero-order valence-corrected chi connectivity index (χ0v) is 20.8. The molecular formula is C30H12O3S3. The minimum atomic E-state index is 0.936. The van der Waals surface area contributed by atoms with Gasteiger partial charge >= 0.3 is 0 Å². The Labute approximate surface area is 213 Å². The van der Waals surface area contributed by atoms with Crippen molar-refractivity contribution in [2.24, 2.45) is 0 Å². The minimum Gasteiger partial charge on any atom is -0.471 e. The second-order valence-corrected chi connectivity index (χ2v) is 12.0. The van der Waals surface area contributed by atoms with Crippen molar-refractivity contribution in [3.63, 3.8) is 0 Å². The summed E-state index contributed by atoms with van der Waals surface area (Å²) in [7, 11) is 0. The molecule has 0 unspecified atom stereocenters. The largest absolute Gasteiger partial charge is 0.471 e. The first kappa shape index (κ1) is 18.4. The SMILES string of the molecule is c1cc2c3ccsc3c3c(c2o1)c1c2sccc2c2cocc2c1c1c2sccc2c2ccoc2c13. The van der Waals surface area contributed by atoms with Crippen LogP contribution in [0, 0.1) is 0 Å². The Bertz CT molecular complexity index is 2050. The van der Waals surface area contributed by atoms with Gasteiger partial charge in [-0.05, 0) is 46.5 Å². The molecule has 4 aromatic carbocycles. The smallest absolute Gasteiger partial charge is 0.143 e. The van der Waals surface area contributed by atoms with E-state index in [1.54, 1.807) is 34.0 Å². The van der Waals surface area contributed by atoms with E-state index in [4.69, 9.17) is 13.3 Å². The zero-order chi connectivity index (χ0) is 23.1. The third kappa shape index (κ3) is 1.90. The van der Waals surface area contributed by atoms with Gasteiger partial charge in [0.2, 0.25) is 0 Å². The molecule has 0 atom stereocenters. The molecular weight excluding hydrogens is 505 g/mol. The molecule has 0 fully saturated rings. The van der Waals surface area contributed by atoms with Gasteiger partial charge in [0.1, 0.15) is 11.2 Å². The first-order chi connectivity index (χ1) is 17.9. The van der Waals surface area contributed by atoms with Gasteiger partial charge in [-0.2, -0.15) is 0 Å². The van der Waals surface area contributed by atoms with Crippen LogP contribution in [0.25, 0.3) is 95.3 Å². The van der Waals surface area contributed by atoms with E-state index in [-0.39, 0.29) is 0 Å². The van der Waals surface area contributed by atoms with Crippen LogP contribution in [0.1, 0.15) is 0 Å². The van der Waals surface area contributed by atoms with Gasteiger partial charge in [0.25, 0.3) is 0 Å². The van der Waals surface area contributed by atoms with Crippen molar-refractivity contribution < 1.29 is 13.3 Å². The molecule has 0 radical (unpaired) electrons. The molecule has 0 amide bonds. The summed E-state index contributed by atoms with van der Waals surface area (Å²) in [5.41, 5.74) is 1.87. The summed E-state index contributed by atoms with van der Waals surface area (Å²) < 4.78 is 22.3. The van der Waals surface area contributed by atoms with Crippen molar-refractivity contribution in [2.75, 3.05) is 0 Å². The lowest BCUT2D eigenvalue weighted by Crippen LogP contribution is -1.88. The van der Waals surface area contributed by atoms with Crippen molar-refractivity contribution in [1.29, 1.82) is 0 Å². The van der Waals surface area contributed by atoms with Gasteiger partial charge in [0, 0.05) is 84.1 Å². The molecule has 0 N–H and O–H groups in total. The fourth-order valence-corrected chi connectivity index (χ4v) is 9.33. The number of hydrogen-bond acceptors (Lipinski definition) is 6. The summed E-state index contributed by atoms with van der Waals surface area (Å²) in [5.74, 6) is 0. The Kier molecular flexibility index (Phi) is 3.12. The van der Waals surface area contributed by atoms with E-state index < -0.39 is 0 Å². The summed E-state index contributed by atoms with van der Waals surface area (Å²) in [6, 6.07) is 10.9. The Morgan fingerprint density at radius 1 is 0.417 bits per heavy atom. The highest BCUT2D eigenvalue weighted by Gasteiger charge is 2.26. The third-order valence-corrected chi connectivity index (χ3v) is 10.6. The first-order valence-corrected chi connectivity index (χ1v) is 14.2. The number of thiophene rings is 3. The van der Waals surface area contributed by atoms with Crippen LogP contribution in [0.2, 0.25) is 0 Å². The number of furan rings is 3. The lowest BCUT2D eigenvalue weighted by atomic mass is 9.88. The maximum atomic E-state index is 6.31. The Morgan fingerprint density at radius 2 is 0.889 bits per heavy atom. The maximum absolute atomic E-state index is 6.31. The normalized spacial score (nSPS) is 13.0. The molecule has 0 aliphatic heterocycles. The van der Waals surface area contributed by atoms with E-state index in [1.807, 2.05) is 25.1 Å². The molecule has 0 spiro atoms. The third-order valence-electron chi connectivity index (χ3n) is 7.76. The van der Waals surface area contributed by atoms with Gasteiger partial charge < -0.3 is 13.3 Å². The topological polar surface area (TPSA) is 39.4 Å². The predicted molar refractivity (Wildman–Crippen MR) is 154 cm³/mol. The van der Waals surface area contributed by atoms with Crippen molar-refractivity contribution in [1.82, 2.24) is 0 Å². The second kappa shape index (κ2) is 6.10. The van der Waals surface area contributed by atoms with Gasteiger partial charge in [-0.1, -0.05) is 0 Å². The molecule has 0 saturated carbocycles. The summed E-state index contributed by atoms with van der Waals surface area (Å²) in [4.78, 5) is 0. The second-order valence-electron chi connectivity index (χ2n) is 9.27. The maximum Gasteiger partial charge on any atom is 0.143 e. The molecule has 0 saturated heterocycles. The summed E-state index contributed by atoms with van der Waals surface area (Å²) >= 11 is 5.39. The lowest BCUT2D eigenvalue weighted by Gasteiger charge is -2.15. The average molecular weight is 517 g/mol. The van der Waals surface area contributed by atoms with Gasteiger partial charge in [0.15, 0.2) is 0 Å². The van der Waals surface area contributed by atoms with Crippen LogP contribution in [0.5, 0.6) is 0 Å². The van der Waals surface area contributed by atoms with Crippen molar-refractivity contribution in [2.45, 2.75) is 0 Å². The molecule has 0 aliphatic rings. The van der Waals surface area contributed by atoms with Gasteiger partial charge in [-0.25, -0.2) is 0 Å². The minimum absolute atomic E-state index is 0.936. The lowest BCUT2D eigenvalue weighted by molar-refractivity contribution is 0.573. The molecule has 0 aliphatic carbocycles. The van der Waals surface area contributed by atoms with Crippen LogP contribution in [-0.2, 0) is 0 Å². The van der Waals surface area contributed by atoms with Crippen molar-refractivity contribution in [3.05, 3.63) is 71.5 Å². The Morgan fingerprint density at radius 3 is 1.44 bits per heavy atom. The monoisotopic (exact) mass is 516 g/mol. The molecule has 3 nitrogen and oxygen atoms in total. The van der Waals surface area contributed by atoms with Crippen LogP contribution in [0.3, 0.4) is 0 Å². The fourth-order valence-electron chi connectivity index (χ4n) is 6.43. The predicted octanol–water partition coefficient (Wildman–Crippen LogP) is 11.0. The van der Waals surface area contributed by atoms with E-state index in [0.717, 1.165) is 43.5 Å². The Balaban J connectivity index is 1.78.